The van der Waals surface area contributed by atoms with E-state index in [4.69, 9.17) is 9.47 Å². The average Bonchev–Trinajstić information content (AvgIpc) is 2.18. The second-order valence-electron chi connectivity index (χ2n) is 3.39. The van der Waals surface area contributed by atoms with E-state index in [-0.39, 0.29) is 5.97 Å². The lowest BCUT2D eigenvalue weighted by Crippen LogP contribution is -2.10. The van der Waals surface area contributed by atoms with Gasteiger partial charge in [-0.15, -0.1) is 0 Å². The van der Waals surface area contributed by atoms with E-state index in [1.165, 1.54) is 12.5 Å². The number of aryl methyl sites for hydroxylation is 1. The van der Waals surface area contributed by atoms with Crippen LogP contribution in [0.2, 0.25) is 0 Å². The zero-order valence-corrected chi connectivity index (χ0v) is 9.37. The maximum Gasteiger partial charge on any atom is 0.302 e. The van der Waals surface area contributed by atoms with Gasteiger partial charge >= 0.3 is 5.97 Å². The maximum atomic E-state index is 10.5. The van der Waals surface area contributed by atoms with Crippen LogP contribution in [0, 0.1) is 13.8 Å². The van der Waals surface area contributed by atoms with Crippen molar-refractivity contribution in [2.75, 3.05) is 13.2 Å². The molecular weight excluding hydrogens is 192 g/mol. The summed E-state index contributed by atoms with van der Waals surface area (Å²) in [7, 11) is 0. The van der Waals surface area contributed by atoms with Crippen molar-refractivity contribution in [3.63, 3.8) is 0 Å². The molecule has 0 aliphatic heterocycles. The summed E-state index contributed by atoms with van der Waals surface area (Å²) < 4.78 is 10.3. The van der Waals surface area contributed by atoms with Crippen LogP contribution in [0.3, 0.4) is 0 Å². The lowest BCUT2D eigenvalue weighted by Gasteiger charge is -2.10. The van der Waals surface area contributed by atoms with Crippen LogP contribution in [0.25, 0.3) is 0 Å². The van der Waals surface area contributed by atoms with E-state index in [0.717, 1.165) is 11.3 Å². The van der Waals surface area contributed by atoms with Gasteiger partial charge in [0.15, 0.2) is 0 Å². The molecule has 0 N–H and O–H groups in total. The molecule has 0 aromatic heterocycles. The number of carbonyl (C=O) groups is 1. The molecule has 0 bridgehead atoms. The van der Waals surface area contributed by atoms with Crippen LogP contribution in [0.1, 0.15) is 18.1 Å². The molecule has 0 radical (unpaired) electrons. The van der Waals surface area contributed by atoms with E-state index in [0.29, 0.717) is 13.2 Å². The van der Waals surface area contributed by atoms with Gasteiger partial charge < -0.3 is 9.47 Å². The molecule has 0 aliphatic rings. The lowest BCUT2D eigenvalue weighted by molar-refractivity contribution is -0.141. The van der Waals surface area contributed by atoms with Crippen molar-refractivity contribution in [2.24, 2.45) is 0 Å². The van der Waals surface area contributed by atoms with E-state index in [1.54, 1.807) is 0 Å². The van der Waals surface area contributed by atoms with E-state index in [1.807, 2.05) is 32.0 Å². The number of esters is 1. The molecule has 0 unspecified atom stereocenters. The Kier molecular flexibility index (Phi) is 4.16. The van der Waals surface area contributed by atoms with Gasteiger partial charge in [0.2, 0.25) is 0 Å². The van der Waals surface area contributed by atoms with Gasteiger partial charge in [-0.3, -0.25) is 4.79 Å². The number of hydrogen-bond acceptors (Lipinski definition) is 3. The quantitative estimate of drug-likeness (QED) is 0.562. The SMILES string of the molecule is CC(=O)OCCOc1cccc(C)c1C. The van der Waals surface area contributed by atoms with Gasteiger partial charge in [-0.05, 0) is 31.0 Å². The Bertz CT molecular complexity index is 345. The fraction of sp³-hybridized carbons (Fsp3) is 0.417. The summed E-state index contributed by atoms with van der Waals surface area (Å²) in [6, 6.07) is 5.90. The average molecular weight is 208 g/mol. The van der Waals surface area contributed by atoms with E-state index in [9.17, 15) is 4.79 Å². The Balaban J connectivity index is 2.44. The highest BCUT2D eigenvalue weighted by Crippen LogP contribution is 2.20. The van der Waals surface area contributed by atoms with Crippen molar-refractivity contribution >= 4 is 5.97 Å². The highest BCUT2D eigenvalue weighted by molar-refractivity contribution is 5.65. The van der Waals surface area contributed by atoms with E-state index < -0.39 is 0 Å². The largest absolute Gasteiger partial charge is 0.490 e. The Labute approximate surface area is 90.0 Å². The van der Waals surface area contributed by atoms with Crippen LogP contribution in [-0.2, 0) is 9.53 Å². The molecule has 0 heterocycles. The first-order chi connectivity index (χ1) is 7.11. The monoisotopic (exact) mass is 208 g/mol. The number of carbonyl (C=O) groups excluding carboxylic acids is 1. The van der Waals surface area contributed by atoms with Gasteiger partial charge in [0.25, 0.3) is 0 Å². The molecule has 0 saturated carbocycles. The molecule has 1 aromatic rings. The normalized spacial score (nSPS) is 9.80. The number of rotatable bonds is 4. The number of benzene rings is 1. The molecule has 0 aliphatic carbocycles. The number of ether oxygens (including phenoxy) is 2. The second kappa shape index (κ2) is 5.39. The second-order valence-corrected chi connectivity index (χ2v) is 3.39. The molecule has 0 saturated heterocycles. The van der Waals surface area contributed by atoms with Gasteiger partial charge in [-0.2, -0.15) is 0 Å². The third-order valence-corrected chi connectivity index (χ3v) is 2.20. The summed E-state index contributed by atoms with van der Waals surface area (Å²) in [5, 5.41) is 0. The molecule has 0 spiro atoms. The molecule has 0 fully saturated rings. The maximum absolute atomic E-state index is 10.5. The molecule has 0 atom stereocenters. The van der Waals surface area contributed by atoms with E-state index in [2.05, 4.69) is 0 Å². The van der Waals surface area contributed by atoms with Crippen LogP contribution in [0.4, 0.5) is 0 Å². The van der Waals surface area contributed by atoms with Gasteiger partial charge in [-0.25, -0.2) is 0 Å². The Morgan fingerprint density at radius 3 is 2.67 bits per heavy atom. The van der Waals surface area contributed by atoms with Gasteiger partial charge in [-0.1, -0.05) is 12.1 Å². The third-order valence-electron chi connectivity index (χ3n) is 2.20. The van der Waals surface area contributed by atoms with Gasteiger partial charge in [0.05, 0.1) is 0 Å². The van der Waals surface area contributed by atoms with Crippen molar-refractivity contribution in [2.45, 2.75) is 20.8 Å². The first-order valence-electron chi connectivity index (χ1n) is 4.93. The van der Waals surface area contributed by atoms with Crippen LogP contribution >= 0.6 is 0 Å². The molecule has 3 heteroatoms. The predicted molar refractivity (Wildman–Crippen MR) is 58.0 cm³/mol. The van der Waals surface area contributed by atoms with Crippen molar-refractivity contribution in [3.05, 3.63) is 29.3 Å². The van der Waals surface area contributed by atoms with Crippen molar-refractivity contribution < 1.29 is 14.3 Å². The molecule has 1 aromatic carbocycles. The molecule has 1 rings (SSSR count). The first kappa shape index (κ1) is 11.6. The van der Waals surface area contributed by atoms with Crippen molar-refractivity contribution in [3.8, 4) is 5.75 Å². The first-order valence-corrected chi connectivity index (χ1v) is 4.93. The minimum Gasteiger partial charge on any atom is -0.490 e. The minimum atomic E-state index is -0.278. The zero-order valence-electron chi connectivity index (χ0n) is 9.37. The number of hydrogen-bond donors (Lipinski definition) is 0. The van der Waals surface area contributed by atoms with E-state index >= 15 is 0 Å². The van der Waals surface area contributed by atoms with Crippen LogP contribution in [0.5, 0.6) is 5.75 Å². The van der Waals surface area contributed by atoms with Gasteiger partial charge in [0, 0.05) is 6.92 Å². The predicted octanol–water partition coefficient (Wildman–Crippen LogP) is 2.25. The van der Waals surface area contributed by atoms with Crippen molar-refractivity contribution in [1.29, 1.82) is 0 Å². The summed E-state index contributed by atoms with van der Waals surface area (Å²) >= 11 is 0. The molecule has 82 valence electrons. The highest BCUT2D eigenvalue weighted by Gasteiger charge is 2.01. The fourth-order valence-electron chi connectivity index (χ4n) is 1.22. The molecule has 3 nitrogen and oxygen atoms in total. The highest BCUT2D eigenvalue weighted by atomic mass is 16.6. The van der Waals surface area contributed by atoms with Crippen LogP contribution < -0.4 is 4.74 Å². The topological polar surface area (TPSA) is 35.5 Å². The molecule has 0 amide bonds. The standard InChI is InChI=1S/C12H16O3/c1-9-5-4-6-12(10(9)2)15-8-7-14-11(3)13/h4-6H,7-8H2,1-3H3. The zero-order chi connectivity index (χ0) is 11.3. The molecule has 15 heavy (non-hydrogen) atoms. The Morgan fingerprint density at radius 1 is 1.27 bits per heavy atom. The van der Waals surface area contributed by atoms with Crippen LogP contribution in [0.15, 0.2) is 18.2 Å². The minimum absolute atomic E-state index is 0.278. The smallest absolute Gasteiger partial charge is 0.302 e. The van der Waals surface area contributed by atoms with Crippen LogP contribution in [-0.4, -0.2) is 19.2 Å². The summed E-state index contributed by atoms with van der Waals surface area (Å²) in [4.78, 5) is 10.5. The summed E-state index contributed by atoms with van der Waals surface area (Å²) in [6.07, 6.45) is 0. The summed E-state index contributed by atoms with van der Waals surface area (Å²) in [5.74, 6) is 0.571. The summed E-state index contributed by atoms with van der Waals surface area (Å²) in [6.45, 7) is 6.12. The van der Waals surface area contributed by atoms with Crippen molar-refractivity contribution in [1.82, 2.24) is 0 Å². The van der Waals surface area contributed by atoms with Gasteiger partial charge in [0.1, 0.15) is 19.0 Å². The summed E-state index contributed by atoms with van der Waals surface area (Å²) in [5.41, 5.74) is 2.32. The Morgan fingerprint density at radius 2 is 2.00 bits per heavy atom. The molecular formula is C12H16O3. The Hall–Kier alpha value is -1.51. The third kappa shape index (κ3) is 3.62. The fourth-order valence-corrected chi connectivity index (χ4v) is 1.22. The lowest BCUT2D eigenvalue weighted by atomic mass is 10.1.